The molecule has 0 bridgehead atoms. The van der Waals surface area contributed by atoms with Crippen molar-refractivity contribution >= 4 is 29.9 Å². The summed E-state index contributed by atoms with van der Waals surface area (Å²) in [6.07, 6.45) is -3.48. The van der Waals surface area contributed by atoms with Crippen LogP contribution in [0.4, 0.5) is 13.2 Å². The van der Waals surface area contributed by atoms with E-state index < -0.39 is 12.7 Å². The minimum atomic E-state index is -4.15. The van der Waals surface area contributed by atoms with E-state index in [4.69, 9.17) is 4.74 Å². The van der Waals surface area contributed by atoms with Crippen molar-refractivity contribution in [2.75, 3.05) is 46.9 Å². The van der Waals surface area contributed by atoms with Gasteiger partial charge in [0.15, 0.2) is 5.96 Å². The monoisotopic (exact) mass is 486 g/mol. The third kappa shape index (κ3) is 7.98. The molecule has 1 N–H and O–H groups in total. The molecule has 0 aromatic heterocycles. The van der Waals surface area contributed by atoms with E-state index in [-0.39, 0.29) is 30.0 Å². The number of alkyl halides is 3. The molecule has 0 amide bonds. The molecule has 0 spiro atoms. The van der Waals surface area contributed by atoms with Crippen LogP contribution in [0.2, 0.25) is 0 Å². The van der Waals surface area contributed by atoms with Gasteiger partial charge in [0.25, 0.3) is 0 Å². The van der Waals surface area contributed by atoms with E-state index in [1.807, 2.05) is 42.3 Å². The van der Waals surface area contributed by atoms with E-state index in [0.29, 0.717) is 38.6 Å². The van der Waals surface area contributed by atoms with Crippen LogP contribution in [0.1, 0.15) is 6.42 Å². The van der Waals surface area contributed by atoms with Crippen LogP contribution < -0.4 is 10.1 Å². The van der Waals surface area contributed by atoms with Gasteiger partial charge in [-0.25, -0.2) is 0 Å². The first kappa shape index (κ1) is 22.8. The Kier molecular flexibility index (Phi) is 9.48. The first-order valence-electron chi connectivity index (χ1n) is 8.29. The van der Waals surface area contributed by atoms with Crippen LogP contribution in [0.15, 0.2) is 35.3 Å². The maximum atomic E-state index is 12.5. The Hall–Kier alpha value is -1.23. The van der Waals surface area contributed by atoms with E-state index in [1.54, 1.807) is 7.05 Å². The summed E-state index contributed by atoms with van der Waals surface area (Å²) < 4.78 is 43.0. The molecule has 1 aliphatic rings. The average Bonchev–Trinajstić information content (AvgIpc) is 2.98. The molecule has 1 fully saturated rings. The van der Waals surface area contributed by atoms with Gasteiger partial charge in [0.05, 0.1) is 13.1 Å². The standard InChI is InChI=1S/C17H25F3N4O.HI/c1-21-16(22-14-8-9-24(12-14)13-17(18,19)20)23(2)10-11-25-15-6-4-3-5-7-15;/h3-7,14H,8-13H2,1-2H3,(H,21,22);1H. The van der Waals surface area contributed by atoms with Crippen molar-refractivity contribution in [3.05, 3.63) is 30.3 Å². The first-order valence-corrected chi connectivity index (χ1v) is 8.29. The van der Waals surface area contributed by atoms with Crippen LogP contribution in [0, 0.1) is 0 Å². The topological polar surface area (TPSA) is 40.1 Å². The number of benzene rings is 1. The number of aliphatic imine (C=N–C) groups is 1. The Morgan fingerprint density at radius 1 is 1.35 bits per heavy atom. The Labute approximate surface area is 169 Å². The molecule has 0 aliphatic carbocycles. The summed E-state index contributed by atoms with van der Waals surface area (Å²) in [5.74, 6) is 1.47. The molecular weight excluding hydrogens is 460 g/mol. The summed E-state index contributed by atoms with van der Waals surface area (Å²) in [7, 11) is 3.55. The fourth-order valence-electron chi connectivity index (χ4n) is 2.80. The maximum absolute atomic E-state index is 12.5. The number of nitrogens with one attached hydrogen (secondary N) is 1. The molecule has 148 valence electrons. The van der Waals surface area contributed by atoms with Gasteiger partial charge in [-0.2, -0.15) is 13.2 Å². The Morgan fingerprint density at radius 3 is 2.65 bits per heavy atom. The largest absolute Gasteiger partial charge is 0.492 e. The van der Waals surface area contributed by atoms with Crippen LogP contribution in [0.25, 0.3) is 0 Å². The first-order chi connectivity index (χ1) is 11.9. The molecule has 2 rings (SSSR count). The highest BCUT2D eigenvalue weighted by Crippen LogP contribution is 2.20. The molecule has 1 aromatic rings. The highest BCUT2D eigenvalue weighted by Gasteiger charge is 2.34. The molecule has 5 nitrogen and oxygen atoms in total. The quantitative estimate of drug-likeness (QED) is 0.382. The van der Waals surface area contributed by atoms with Crippen LogP contribution in [0.5, 0.6) is 5.75 Å². The third-order valence-electron chi connectivity index (χ3n) is 4.02. The number of hydrogen-bond acceptors (Lipinski definition) is 3. The SMILES string of the molecule is CN=C(NC1CCN(CC(F)(F)F)C1)N(C)CCOc1ccccc1.I. The van der Waals surface area contributed by atoms with Gasteiger partial charge < -0.3 is 15.0 Å². The molecular formula is C17H26F3IN4O. The predicted molar refractivity (Wildman–Crippen MR) is 107 cm³/mol. The summed E-state index contributed by atoms with van der Waals surface area (Å²) in [5.41, 5.74) is 0. The normalized spacial score (nSPS) is 18.3. The number of halogens is 4. The minimum Gasteiger partial charge on any atom is -0.492 e. The van der Waals surface area contributed by atoms with E-state index in [1.165, 1.54) is 4.90 Å². The van der Waals surface area contributed by atoms with Crippen molar-refractivity contribution in [2.24, 2.45) is 4.99 Å². The van der Waals surface area contributed by atoms with E-state index in [2.05, 4.69) is 10.3 Å². The van der Waals surface area contributed by atoms with E-state index >= 15 is 0 Å². The second-order valence-electron chi connectivity index (χ2n) is 6.11. The van der Waals surface area contributed by atoms with Crippen LogP contribution in [0.3, 0.4) is 0 Å². The summed E-state index contributed by atoms with van der Waals surface area (Å²) in [5, 5.41) is 3.24. The van der Waals surface area contributed by atoms with Gasteiger partial charge in [0, 0.05) is 33.2 Å². The number of likely N-dealkylation sites (tertiary alicyclic amines) is 1. The molecule has 1 unspecified atom stereocenters. The lowest BCUT2D eigenvalue weighted by atomic mass is 10.3. The molecule has 9 heteroatoms. The molecule has 1 atom stereocenters. The number of para-hydroxylation sites is 1. The van der Waals surface area contributed by atoms with Gasteiger partial charge in [0.1, 0.15) is 12.4 Å². The van der Waals surface area contributed by atoms with Crippen molar-refractivity contribution < 1.29 is 17.9 Å². The molecule has 1 aromatic carbocycles. The zero-order chi connectivity index (χ0) is 18.3. The molecule has 1 aliphatic heterocycles. The molecule has 1 heterocycles. The lowest BCUT2D eigenvalue weighted by Gasteiger charge is -2.25. The summed E-state index contributed by atoms with van der Waals surface area (Å²) in [6.45, 7) is 1.06. The number of likely N-dealkylation sites (N-methyl/N-ethyl adjacent to an activating group) is 1. The van der Waals surface area contributed by atoms with Gasteiger partial charge in [-0.05, 0) is 18.6 Å². The smallest absolute Gasteiger partial charge is 0.401 e. The number of ether oxygens (including phenoxy) is 1. The zero-order valence-electron chi connectivity index (χ0n) is 15.0. The van der Waals surface area contributed by atoms with Crippen LogP contribution in [-0.2, 0) is 0 Å². The predicted octanol–water partition coefficient (Wildman–Crippen LogP) is 2.83. The highest BCUT2D eigenvalue weighted by molar-refractivity contribution is 14.0. The van der Waals surface area contributed by atoms with Crippen molar-refractivity contribution in [2.45, 2.75) is 18.6 Å². The Morgan fingerprint density at radius 2 is 2.04 bits per heavy atom. The van der Waals surface area contributed by atoms with Crippen LogP contribution in [-0.4, -0.2) is 74.9 Å². The zero-order valence-corrected chi connectivity index (χ0v) is 17.3. The Bertz CT molecular complexity index is 557. The lowest BCUT2D eigenvalue weighted by Crippen LogP contribution is -2.46. The van der Waals surface area contributed by atoms with Gasteiger partial charge in [-0.1, -0.05) is 18.2 Å². The number of rotatable bonds is 6. The molecule has 0 saturated carbocycles. The molecule has 26 heavy (non-hydrogen) atoms. The summed E-state index contributed by atoms with van der Waals surface area (Å²) >= 11 is 0. The fraction of sp³-hybridized carbons (Fsp3) is 0.588. The van der Waals surface area contributed by atoms with E-state index in [0.717, 1.165) is 5.75 Å². The van der Waals surface area contributed by atoms with Crippen molar-refractivity contribution in [3.63, 3.8) is 0 Å². The maximum Gasteiger partial charge on any atom is 0.401 e. The van der Waals surface area contributed by atoms with Crippen molar-refractivity contribution in [1.29, 1.82) is 0 Å². The second-order valence-corrected chi connectivity index (χ2v) is 6.11. The van der Waals surface area contributed by atoms with Crippen molar-refractivity contribution in [3.8, 4) is 5.75 Å². The molecule has 1 saturated heterocycles. The Balaban J connectivity index is 0.00000338. The van der Waals surface area contributed by atoms with Crippen LogP contribution >= 0.6 is 24.0 Å². The summed E-state index contributed by atoms with van der Waals surface area (Å²) in [4.78, 5) is 7.54. The summed E-state index contributed by atoms with van der Waals surface area (Å²) in [6, 6.07) is 9.49. The second kappa shape index (κ2) is 10.8. The third-order valence-corrected chi connectivity index (χ3v) is 4.02. The van der Waals surface area contributed by atoms with Gasteiger partial charge in [-0.3, -0.25) is 9.89 Å². The van der Waals surface area contributed by atoms with Gasteiger partial charge >= 0.3 is 6.18 Å². The number of guanidine groups is 1. The lowest BCUT2D eigenvalue weighted by molar-refractivity contribution is -0.143. The molecule has 0 radical (unpaired) electrons. The number of nitrogens with zero attached hydrogens (tertiary/aromatic N) is 3. The van der Waals surface area contributed by atoms with Gasteiger partial charge in [-0.15, -0.1) is 24.0 Å². The van der Waals surface area contributed by atoms with Gasteiger partial charge in [0.2, 0.25) is 0 Å². The number of hydrogen-bond donors (Lipinski definition) is 1. The van der Waals surface area contributed by atoms with E-state index in [9.17, 15) is 13.2 Å². The average molecular weight is 486 g/mol. The van der Waals surface area contributed by atoms with Crippen molar-refractivity contribution in [1.82, 2.24) is 15.1 Å². The highest BCUT2D eigenvalue weighted by atomic mass is 127. The fourth-order valence-corrected chi connectivity index (χ4v) is 2.80. The minimum absolute atomic E-state index is 0.